The van der Waals surface area contributed by atoms with E-state index in [1.807, 2.05) is 42.5 Å². The SMILES string of the molecule is C=CCCCCCCCCCNP(=O)(c1ccccn1)c1ccccn1. The van der Waals surface area contributed by atoms with Crippen molar-refractivity contribution in [2.75, 3.05) is 6.54 Å². The zero-order chi connectivity index (χ0) is 18.5. The molecule has 2 heterocycles. The zero-order valence-electron chi connectivity index (χ0n) is 15.5. The van der Waals surface area contributed by atoms with Crippen molar-refractivity contribution in [3.05, 3.63) is 61.4 Å². The highest BCUT2D eigenvalue weighted by molar-refractivity contribution is 7.76. The van der Waals surface area contributed by atoms with Crippen molar-refractivity contribution in [1.82, 2.24) is 15.1 Å². The lowest BCUT2D eigenvalue weighted by Gasteiger charge is -2.18. The van der Waals surface area contributed by atoms with Crippen molar-refractivity contribution in [3.63, 3.8) is 0 Å². The molecule has 0 aromatic carbocycles. The molecule has 2 rings (SSSR count). The predicted octanol–water partition coefficient (Wildman–Crippen LogP) is 4.60. The maximum absolute atomic E-state index is 13.6. The number of nitrogens with zero attached hydrogens (tertiary/aromatic N) is 2. The normalized spacial score (nSPS) is 11.4. The third-order valence-electron chi connectivity index (χ3n) is 4.36. The van der Waals surface area contributed by atoms with E-state index >= 15 is 0 Å². The topological polar surface area (TPSA) is 54.9 Å². The molecule has 0 bridgehead atoms. The van der Waals surface area contributed by atoms with Crippen LogP contribution in [0.3, 0.4) is 0 Å². The predicted molar refractivity (Wildman–Crippen MR) is 110 cm³/mol. The molecule has 1 N–H and O–H groups in total. The molecule has 0 aliphatic heterocycles. The molecule has 0 radical (unpaired) electrons. The molecule has 0 unspecified atom stereocenters. The fraction of sp³-hybridized carbons (Fsp3) is 0.429. The molecular weight excluding hydrogens is 341 g/mol. The van der Waals surface area contributed by atoms with Crippen molar-refractivity contribution in [2.24, 2.45) is 0 Å². The highest BCUT2D eigenvalue weighted by atomic mass is 31.2. The number of nitrogens with one attached hydrogen (secondary N) is 1. The van der Waals surface area contributed by atoms with Crippen LogP contribution in [0.15, 0.2) is 61.4 Å². The lowest BCUT2D eigenvalue weighted by Crippen LogP contribution is -2.31. The second-order valence-corrected chi connectivity index (χ2v) is 8.90. The molecule has 0 saturated carbocycles. The molecular formula is C21H30N3OP. The summed E-state index contributed by atoms with van der Waals surface area (Å²) in [6.45, 7) is 4.46. The van der Waals surface area contributed by atoms with Crippen LogP contribution >= 0.6 is 7.29 Å². The molecule has 2 aromatic heterocycles. The summed E-state index contributed by atoms with van der Waals surface area (Å²) in [4.78, 5) is 8.64. The number of allylic oxidation sites excluding steroid dienone is 1. The Morgan fingerprint density at radius 3 is 1.88 bits per heavy atom. The van der Waals surface area contributed by atoms with Gasteiger partial charge < -0.3 is 0 Å². The molecule has 0 amide bonds. The Morgan fingerprint density at radius 1 is 0.846 bits per heavy atom. The Labute approximate surface area is 157 Å². The van der Waals surface area contributed by atoms with Gasteiger partial charge in [-0.05, 0) is 43.5 Å². The molecule has 0 fully saturated rings. The summed E-state index contributed by atoms with van der Waals surface area (Å²) in [5, 5.41) is 3.27. The maximum atomic E-state index is 13.6. The molecule has 0 aliphatic rings. The van der Waals surface area contributed by atoms with Crippen LogP contribution in [0.4, 0.5) is 0 Å². The second kappa shape index (κ2) is 11.8. The first kappa shape index (κ1) is 20.5. The third-order valence-corrected chi connectivity index (χ3v) is 6.85. The Morgan fingerprint density at radius 2 is 1.38 bits per heavy atom. The Balaban J connectivity index is 1.80. The van der Waals surface area contributed by atoms with Crippen LogP contribution in [0.2, 0.25) is 0 Å². The summed E-state index contributed by atoms with van der Waals surface area (Å²) in [5.74, 6) is 0. The average molecular weight is 371 g/mol. The van der Waals surface area contributed by atoms with E-state index in [-0.39, 0.29) is 0 Å². The Hall–Kier alpha value is -1.77. The Kier molecular flexibility index (Phi) is 9.30. The van der Waals surface area contributed by atoms with Crippen LogP contribution in [-0.2, 0) is 4.57 Å². The highest BCUT2D eigenvalue weighted by Crippen LogP contribution is 2.36. The fourth-order valence-electron chi connectivity index (χ4n) is 2.89. The van der Waals surface area contributed by atoms with Crippen molar-refractivity contribution in [1.29, 1.82) is 0 Å². The summed E-state index contributed by atoms with van der Waals surface area (Å²) < 4.78 is 13.6. The van der Waals surface area contributed by atoms with Crippen LogP contribution in [-0.4, -0.2) is 16.5 Å². The molecule has 140 valence electrons. The van der Waals surface area contributed by atoms with E-state index in [1.165, 1.54) is 32.1 Å². The van der Waals surface area contributed by atoms with Gasteiger partial charge in [-0.15, -0.1) is 6.58 Å². The third kappa shape index (κ3) is 6.51. The van der Waals surface area contributed by atoms with E-state index in [1.54, 1.807) is 12.4 Å². The van der Waals surface area contributed by atoms with Crippen LogP contribution in [0.25, 0.3) is 0 Å². The van der Waals surface area contributed by atoms with Gasteiger partial charge >= 0.3 is 0 Å². The first-order valence-electron chi connectivity index (χ1n) is 9.56. The van der Waals surface area contributed by atoms with Crippen molar-refractivity contribution < 1.29 is 4.57 Å². The largest absolute Gasteiger partial charge is 0.293 e. The summed E-state index contributed by atoms with van der Waals surface area (Å²) in [6, 6.07) is 11.0. The molecule has 0 spiro atoms. The van der Waals surface area contributed by atoms with Gasteiger partial charge in [-0.25, -0.2) is 0 Å². The van der Waals surface area contributed by atoms with Gasteiger partial charge in [-0.1, -0.05) is 50.3 Å². The van der Waals surface area contributed by atoms with Gasteiger partial charge in [0, 0.05) is 18.9 Å². The van der Waals surface area contributed by atoms with Gasteiger partial charge in [0.25, 0.3) is 0 Å². The van der Waals surface area contributed by atoms with Crippen LogP contribution in [0.5, 0.6) is 0 Å². The maximum Gasteiger partial charge on any atom is 0.239 e. The van der Waals surface area contributed by atoms with Gasteiger partial charge in [0.1, 0.15) is 10.9 Å². The molecule has 0 saturated heterocycles. The lowest BCUT2D eigenvalue weighted by molar-refractivity contribution is 0.562. The molecule has 4 nitrogen and oxygen atoms in total. The zero-order valence-corrected chi connectivity index (χ0v) is 16.4. The van der Waals surface area contributed by atoms with Crippen LogP contribution in [0, 0.1) is 0 Å². The second-order valence-electron chi connectivity index (χ2n) is 6.45. The van der Waals surface area contributed by atoms with Gasteiger partial charge in [0.05, 0.1) is 0 Å². The molecule has 5 heteroatoms. The number of hydrogen-bond donors (Lipinski definition) is 1. The minimum absolute atomic E-state index is 0.570. The van der Waals surface area contributed by atoms with Crippen LogP contribution < -0.4 is 16.0 Å². The summed E-state index contributed by atoms with van der Waals surface area (Å²) >= 11 is 0. The van der Waals surface area contributed by atoms with Crippen LogP contribution in [0.1, 0.15) is 51.4 Å². The van der Waals surface area contributed by atoms with Gasteiger partial charge in [0.2, 0.25) is 7.29 Å². The van der Waals surface area contributed by atoms with E-state index in [4.69, 9.17) is 0 Å². The smallest absolute Gasteiger partial charge is 0.239 e. The molecule has 2 aromatic rings. The number of rotatable bonds is 13. The Bertz CT molecular complexity index is 633. The first-order chi connectivity index (χ1) is 12.8. The van der Waals surface area contributed by atoms with Crippen molar-refractivity contribution in [3.8, 4) is 0 Å². The first-order valence-corrected chi connectivity index (χ1v) is 11.3. The number of unbranched alkanes of at least 4 members (excludes halogenated alkanes) is 7. The number of aromatic nitrogens is 2. The summed E-state index contributed by atoms with van der Waals surface area (Å²) in [5.41, 5.74) is 1.14. The van der Waals surface area contributed by atoms with Crippen molar-refractivity contribution >= 4 is 18.2 Å². The lowest BCUT2D eigenvalue weighted by atomic mass is 10.1. The molecule has 0 atom stereocenters. The minimum Gasteiger partial charge on any atom is -0.293 e. The fourth-order valence-corrected chi connectivity index (χ4v) is 4.98. The summed E-state index contributed by atoms with van der Waals surface area (Å²) in [7, 11) is -2.98. The van der Waals surface area contributed by atoms with E-state index in [0.29, 0.717) is 17.4 Å². The standard InChI is InChI=1S/C21H30N3OP/c1-2-3-4-5-6-7-8-9-12-19-24-26(25,20-15-10-13-17-22-20)21-16-11-14-18-23-21/h2,10-11,13-18H,1,3-9,12,19H2,(H,24,25). The highest BCUT2D eigenvalue weighted by Gasteiger charge is 2.29. The number of hydrogen-bond acceptors (Lipinski definition) is 3. The van der Waals surface area contributed by atoms with Crippen molar-refractivity contribution in [2.45, 2.75) is 51.4 Å². The van der Waals surface area contributed by atoms with E-state index in [0.717, 1.165) is 19.3 Å². The van der Waals surface area contributed by atoms with E-state index < -0.39 is 7.29 Å². The van der Waals surface area contributed by atoms with Gasteiger partial charge in [0.15, 0.2) is 0 Å². The average Bonchev–Trinajstić information content (AvgIpc) is 2.70. The number of pyridine rings is 2. The quantitative estimate of drug-likeness (QED) is 0.318. The van der Waals surface area contributed by atoms with E-state index in [2.05, 4.69) is 21.6 Å². The molecule has 26 heavy (non-hydrogen) atoms. The van der Waals surface area contributed by atoms with E-state index in [9.17, 15) is 4.57 Å². The monoisotopic (exact) mass is 371 g/mol. The summed E-state index contributed by atoms with van der Waals surface area (Å²) in [6.07, 6.45) is 15.0. The van der Waals surface area contributed by atoms with Gasteiger partial charge in [-0.2, -0.15) is 0 Å². The van der Waals surface area contributed by atoms with Gasteiger partial charge in [-0.3, -0.25) is 19.6 Å². The molecule has 0 aliphatic carbocycles. The minimum atomic E-state index is -2.98.